The number of aromatic nitrogens is 3. The van der Waals surface area contributed by atoms with E-state index in [2.05, 4.69) is 20.4 Å². The van der Waals surface area contributed by atoms with Gasteiger partial charge in [0.2, 0.25) is 5.91 Å². The first-order valence-electron chi connectivity index (χ1n) is 8.98. The molecule has 0 aliphatic carbocycles. The number of nitrogens with one attached hydrogen (secondary N) is 1. The van der Waals surface area contributed by atoms with Gasteiger partial charge in [0.1, 0.15) is 12.2 Å². The van der Waals surface area contributed by atoms with Gasteiger partial charge in [0.15, 0.2) is 11.5 Å². The highest BCUT2D eigenvalue weighted by molar-refractivity contribution is 5.75. The van der Waals surface area contributed by atoms with Crippen LogP contribution in [0.3, 0.4) is 0 Å². The molecule has 0 aliphatic rings. The van der Waals surface area contributed by atoms with Crippen molar-refractivity contribution in [3.05, 3.63) is 60.3 Å². The van der Waals surface area contributed by atoms with E-state index < -0.39 is 6.61 Å². The summed E-state index contributed by atoms with van der Waals surface area (Å²) < 4.78 is 36.1. The molecule has 0 fully saturated rings. The molecule has 1 heterocycles. The van der Waals surface area contributed by atoms with Crippen molar-refractivity contribution in [3.63, 3.8) is 0 Å². The normalized spacial score (nSPS) is 10.8. The number of alkyl halides is 2. The molecule has 0 saturated carbocycles. The average molecular weight is 402 g/mol. The quantitative estimate of drug-likeness (QED) is 0.594. The maximum atomic E-state index is 12.5. The van der Waals surface area contributed by atoms with E-state index in [1.165, 1.54) is 10.7 Å². The first-order chi connectivity index (χ1) is 14.0. The molecular formula is C20H20F2N4O3. The number of carbonyl (C=O) groups is 1. The molecule has 29 heavy (non-hydrogen) atoms. The summed E-state index contributed by atoms with van der Waals surface area (Å²) in [4.78, 5) is 12.2. The van der Waals surface area contributed by atoms with Crippen molar-refractivity contribution >= 4 is 5.91 Å². The number of nitrogens with zero attached hydrogens (tertiary/aromatic N) is 3. The zero-order valence-corrected chi connectivity index (χ0v) is 15.7. The Morgan fingerprint density at radius 2 is 1.97 bits per heavy atom. The lowest BCUT2D eigenvalue weighted by Crippen LogP contribution is -2.27. The fourth-order valence-electron chi connectivity index (χ4n) is 2.64. The third-order valence-corrected chi connectivity index (χ3v) is 3.93. The molecule has 9 heteroatoms. The van der Waals surface area contributed by atoms with E-state index in [-0.39, 0.29) is 30.5 Å². The zero-order valence-electron chi connectivity index (χ0n) is 15.7. The summed E-state index contributed by atoms with van der Waals surface area (Å²) in [6.07, 6.45) is 1.69. The molecule has 0 bridgehead atoms. The van der Waals surface area contributed by atoms with E-state index in [4.69, 9.17) is 4.74 Å². The molecule has 3 aromatic rings. The van der Waals surface area contributed by atoms with Crippen LogP contribution in [0.4, 0.5) is 8.78 Å². The van der Waals surface area contributed by atoms with Crippen molar-refractivity contribution in [2.75, 3.05) is 6.61 Å². The van der Waals surface area contributed by atoms with Crippen LogP contribution >= 0.6 is 0 Å². The zero-order chi connectivity index (χ0) is 20.6. The van der Waals surface area contributed by atoms with E-state index >= 15 is 0 Å². The van der Waals surface area contributed by atoms with Crippen LogP contribution in [0.25, 0.3) is 11.3 Å². The minimum Gasteiger partial charge on any atom is -0.490 e. The molecule has 1 N–H and O–H groups in total. The molecule has 7 nitrogen and oxygen atoms in total. The van der Waals surface area contributed by atoms with Crippen LogP contribution in [0.1, 0.15) is 12.5 Å². The summed E-state index contributed by atoms with van der Waals surface area (Å²) in [6, 6.07) is 14.1. The largest absolute Gasteiger partial charge is 0.490 e. The number of carbonyl (C=O) groups excluding carboxylic acids is 1. The Morgan fingerprint density at radius 3 is 2.69 bits per heavy atom. The molecule has 1 aromatic heterocycles. The van der Waals surface area contributed by atoms with E-state index in [1.807, 2.05) is 30.3 Å². The van der Waals surface area contributed by atoms with Gasteiger partial charge < -0.3 is 14.8 Å². The molecule has 0 spiro atoms. The van der Waals surface area contributed by atoms with Gasteiger partial charge in [-0.2, -0.15) is 8.78 Å². The minimum absolute atomic E-state index is 0.00469. The van der Waals surface area contributed by atoms with E-state index in [0.717, 1.165) is 5.56 Å². The van der Waals surface area contributed by atoms with Crippen molar-refractivity contribution in [2.24, 2.45) is 0 Å². The van der Waals surface area contributed by atoms with Gasteiger partial charge in [0.05, 0.1) is 12.8 Å². The lowest BCUT2D eigenvalue weighted by molar-refractivity contribution is -0.122. The van der Waals surface area contributed by atoms with Crippen LogP contribution in [0.5, 0.6) is 11.5 Å². The summed E-state index contributed by atoms with van der Waals surface area (Å²) >= 11 is 0. The first kappa shape index (κ1) is 20.2. The van der Waals surface area contributed by atoms with Crippen LogP contribution in [0.2, 0.25) is 0 Å². The number of benzene rings is 2. The molecule has 0 aliphatic heterocycles. The molecule has 152 valence electrons. The third-order valence-electron chi connectivity index (χ3n) is 3.93. The van der Waals surface area contributed by atoms with E-state index in [9.17, 15) is 13.6 Å². The third kappa shape index (κ3) is 5.74. The molecule has 0 saturated heterocycles. The van der Waals surface area contributed by atoms with Crippen LogP contribution in [-0.4, -0.2) is 34.1 Å². The summed E-state index contributed by atoms with van der Waals surface area (Å²) in [5, 5.41) is 10.8. The molecule has 2 aromatic carbocycles. The van der Waals surface area contributed by atoms with Crippen LogP contribution in [0, 0.1) is 0 Å². The second-order valence-corrected chi connectivity index (χ2v) is 6.04. The Bertz CT molecular complexity index is 948. The Labute approximate surface area is 166 Å². The lowest BCUT2D eigenvalue weighted by atomic mass is 10.2. The number of ether oxygens (including phenoxy) is 2. The monoisotopic (exact) mass is 402 g/mol. The topological polar surface area (TPSA) is 78.3 Å². The maximum Gasteiger partial charge on any atom is 0.387 e. The van der Waals surface area contributed by atoms with Crippen molar-refractivity contribution < 1.29 is 23.0 Å². The van der Waals surface area contributed by atoms with Gasteiger partial charge in [-0.3, -0.25) is 4.79 Å². The number of hydrogen-bond acceptors (Lipinski definition) is 5. The number of rotatable bonds is 9. The van der Waals surface area contributed by atoms with Crippen molar-refractivity contribution in [1.82, 2.24) is 20.3 Å². The maximum absolute atomic E-state index is 12.5. The van der Waals surface area contributed by atoms with Gasteiger partial charge in [-0.25, -0.2) is 4.68 Å². The number of amides is 1. The second kappa shape index (κ2) is 9.63. The summed E-state index contributed by atoms with van der Waals surface area (Å²) in [6.45, 7) is -0.699. The summed E-state index contributed by atoms with van der Waals surface area (Å²) in [5.41, 5.74) is 2.27. The fraction of sp³-hybridized carbons (Fsp3) is 0.250. The van der Waals surface area contributed by atoms with E-state index in [0.29, 0.717) is 17.9 Å². The van der Waals surface area contributed by atoms with Gasteiger partial charge >= 0.3 is 6.61 Å². The SMILES string of the molecule is CCOc1cc(CNC(=O)Cn2cc(-c3ccccc3)nn2)ccc1OC(F)F. The van der Waals surface area contributed by atoms with Crippen molar-refractivity contribution in [2.45, 2.75) is 26.6 Å². The van der Waals surface area contributed by atoms with Gasteiger partial charge in [-0.05, 0) is 24.6 Å². The van der Waals surface area contributed by atoms with Crippen molar-refractivity contribution in [1.29, 1.82) is 0 Å². The van der Waals surface area contributed by atoms with Crippen LogP contribution in [-0.2, 0) is 17.9 Å². The summed E-state index contributed by atoms with van der Waals surface area (Å²) in [7, 11) is 0. The Hall–Kier alpha value is -3.49. The number of hydrogen-bond donors (Lipinski definition) is 1. The van der Waals surface area contributed by atoms with Crippen LogP contribution in [0.15, 0.2) is 54.7 Å². The van der Waals surface area contributed by atoms with Crippen molar-refractivity contribution in [3.8, 4) is 22.8 Å². The highest BCUT2D eigenvalue weighted by Gasteiger charge is 2.12. The Balaban J connectivity index is 1.58. The van der Waals surface area contributed by atoms with Gasteiger partial charge in [-0.1, -0.05) is 41.6 Å². The van der Waals surface area contributed by atoms with Gasteiger partial charge in [-0.15, -0.1) is 5.10 Å². The van der Waals surface area contributed by atoms with E-state index in [1.54, 1.807) is 25.3 Å². The highest BCUT2D eigenvalue weighted by Crippen LogP contribution is 2.29. The smallest absolute Gasteiger partial charge is 0.387 e. The van der Waals surface area contributed by atoms with Crippen LogP contribution < -0.4 is 14.8 Å². The average Bonchev–Trinajstić information content (AvgIpc) is 3.17. The standard InChI is InChI=1S/C20H20F2N4O3/c1-2-28-18-10-14(8-9-17(18)29-20(21)22)11-23-19(27)13-26-12-16(24-25-26)15-6-4-3-5-7-15/h3-10,12,20H,2,11,13H2,1H3,(H,23,27). The Kier molecular flexibility index (Phi) is 6.72. The number of halogens is 2. The highest BCUT2D eigenvalue weighted by atomic mass is 19.3. The minimum atomic E-state index is -2.94. The Morgan fingerprint density at radius 1 is 1.17 bits per heavy atom. The molecule has 3 rings (SSSR count). The van der Waals surface area contributed by atoms with Gasteiger partial charge in [0, 0.05) is 12.1 Å². The molecular weight excluding hydrogens is 382 g/mol. The molecule has 0 unspecified atom stereocenters. The fourth-order valence-corrected chi connectivity index (χ4v) is 2.64. The molecule has 1 amide bonds. The summed E-state index contributed by atoms with van der Waals surface area (Å²) in [5.74, 6) is -0.114. The molecule has 0 radical (unpaired) electrons. The lowest BCUT2D eigenvalue weighted by Gasteiger charge is -2.13. The predicted octanol–water partition coefficient (Wildman–Crippen LogP) is 3.26. The predicted molar refractivity (Wildman–Crippen MR) is 102 cm³/mol. The first-order valence-corrected chi connectivity index (χ1v) is 8.98. The molecule has 0 atom stereocenters. The van der Waals surface area contributed by atoms with Gasteiger partial charge in [0.25, 0.3) is 0 Å². The second-order valence-electron chi connectivity index (χ2n) is 6.04.